The lowest BCUT2D eigenvalue weighted by Crippen LogP contribution is -2.60. The molecule has 1 aromatic carbocycles. The minimum atomic E-state index is -1.95. The fourth-order valence-electron chi connectivity index (χ4n) is 7.19. The summed E-state index contributed by atoms with van der Waals surface area (Å²) in [6, 6.07) is -7.58. The van der Waals surface area contributed by atoms with Gasteiger partial charge in [0.15, 0.2) is 0 Å². The maximum Gasteiger partial charge on any atom is 0.245 e. The van der Waals surface area contributed by atoms with Crippen LogP contribution in [0.3, 0.4) is 0 Å². The van der Waals surface area contributed by atoms with Gasteiger partial charge < -0.3 is 80.4 Å². The topological polar surface area (TPSA) is 452 Å². The largest absolute Gasteiger partial charge is 0.508 e. The molecule has 1 aromatic rings. The summed E-state index contributed by atoms with van der Waals surface area (Å²) < 4.78 is 0. The molecule has 0 aromatic heterocycles. The number of phenols is 1. The first-order chi connectivity index (χ1) is 34.2. The fourth-order valence-corrected chi connectivity index (χ4v) is 7.19. The second-order valence-electron chi connectivity index (χ2n) is 17.2. The van der Waals surface area contributed by atoms with Crippen molar-refractivity contribution in [2.75, 3.05) is 26.3 Å². The summed E-state index contributed by atoms with van der Waals surface area (Å²) in [4.78, 5) is 158. The average molecular weight is 1020 g/mol. The molecule has 27 nitrogen and oxygen atoms in total. The van der Waals surface area contributed by atoms with E-state index in [0.717, 1.165) is 44.9 Å². The number of aliphatic hydroxyl groups excluding tert-OH is 2. The fraction of sp³-hybridized carbons (Fsp3) is 0.600. The van der Waals surface area contributed by atoms with Gasteiger partial charge in [0.05, 0.1) is 45.4 Å². The molecule has 0 radical (unpaired) electrons. The maximum atomic E-state index is 13.9. The Bertz CT molecular complexity index is 2060. The van der Waals surface area contributed by atoms with Crippen molar-refractivity contribution in [2.24, 2.45) is 17.2 Å². The Morgan fingerprint density at radius 1 is 0.528 bits per heavy atom. The number of primary amides is 3. The van der Waals surface area contributed by atoms with E-state index in [-0.39, 0.29) is 18.7 Å². The van der Waals surface area contributed by atoms with E-state index >= 15 is 0 Å². The van der Waals surface area contributed by atoms with Crippen LogP contribution in [0.15, 0.2) is 24.3 Å². The van der Waals surface area contributed by atoms with E-state index in [1.54, 1.807) is 0 Å². The lowest BCUT2D eigenvalue weighted by atomic mass is 10.0. The van der Waals surface area contributed by atoms with E-state index in [0.29, 0.717) is 12.0 Å². The van der Waals surface area contributed by atoms with Gasteiger partial charge in [0.1, 0.15) is 48.0 Å². The Kier molecular flexibility index (Phi) is 27.4. The van der Waals surface area contributed by atoms with Crippen molar-refractivity contribution in [3.05, 3.63) is 29.8 Å². The number of hydrogen-bond acceptors (Lipinski definition) is 15. The highest BCUT2D eigenvalue weighted by Crippen LogP contribution is 2.13. The van der Waals surface area contributed by atoms with Crippen LogP contribution in [0.4, 0.5) is 0 Å². The molecule has 0 saturated carbocycles. The molecule has 27 heteroatoms. The van der Waals surface area contributed by atoms with Gasteiger partial charge in [-0.3, -0.25) is 57.5 Å². The highest BCUT2D eigenvalue weighted by Gasteiger charge is 2.35. The number of nitrogens with one attached hydrogen (secondary N) is 9. The van der Waals surface area contributed by atoms with Crippen LogP contribution in [-0.2, 0) is 64.0 Å². The number of carbonyl (C=O) groups excluding carboxylic acids is 12. The average Bonchev–Trinajstić information content (AvgIpc) is 3.31. The van der Waals surface area contributed by atoms with Crippen LogP contribution < -0.4 is 65.1 Å². The number of hydrogen-bond donors (Lipinski definition) is 15. The molecule has 7 atom stereocenters. The number of phenolic OH excluding ortho intramolecular Hbond substituents is 1. The second-order valence-corrected chi connectivity index (χ2v) is 17.2. The molecule has 1 fully saturated rings. The predicted octanol–water partition coefficient (Wildman–Crippen LogP) is -5.50. The van der Waals surface area contributed by atoms with Gasteiger partial charge in [-0.25, -0.2) is 0 Å². The highest BCUT2D eigenvalue weighted by molar-refractivity contribution is 6.00. The van der Waals surface area contributed by atoms with E-state index in [4.69, 9.17) is 17.2 Å². The van der Waals surface area contributed by atoms with Crippen LogP contribution in [0.1, 0.15) is 102 Å². The van der Waals surface area contributed by atoms with Gasteiger partial charge in [0, 0.05) is 13.0 Å². The van der Waals surface area contributed by atoms with Crippen molar-refractivity contribution in [1.82, 2.24) is 47.9 Å². The molecule has 1 aliphatic rings. The lowest BCUT2D eigenvalue weighted by Gasteiger charge is -2.26. The number of aromatic hydroxyl groups is 1. The van der Waals surface area contributed by atoms with Gasteiger partial charge in [-0.15, -0.1) is 0 Å². The number of carbonyl (C=O) groups is 12. The number of benzene rings is 1. The highest BCUT2D eigenvalue weighted by atomic mass is 16.3. The smallest absolute Gasteiger partial charge is 0.245 e. The van der Waals surface area contributed by atoms with E-state index in [1.807, 2.05) is 0 Å². The zero-order valence-electron chi connectivity index (χ0n) is 40.3. The summed E-state index contributed by atoms with van der Waals surface area (Å²) in [5, 5.41) is 50.3. The van der Waals surface area contributed by atoms with Gasteiger partial charge in [-0.1, -0.05) is 76.8 Å². The SMILES string of the molecule is CCCCCCCCCCCCNC(=O)[C@H]1CC(=O)N[C@@H](CO)C(=O)N[C@@H](Cc2ccc(O)cc2)C(=O)N[C@H](CC(N)=O)C(=O)NCC(=O)N[C@@H](CC(N)=O)C(=O)N[C@@H](CO)C(=O)N[C@@H](CC(N)=O)C(=O)N1. The first-order valence-corrected chi connectivity index (χ1v) is 23.7. The van der Waals surface area contributed by atoms with Crippen LogP contribution >= 0.6 is 0 Å². The molecule has 1 aliphatic heterocycles. The number of amides is 12. The van der Waals surface area contributed by atoms with Crippen molar-refractivity contribution in [1.29, 1.82) is 0 Å². The maximum absolute atomic E-state index is 13.9. The first-order valence-electron chi connectivity index (χ1n) is 23.7. The van der Waals surface area contributed by atoms with Crippen LogP contribution in [0.5, 0.6) is 5.75 Å². The molecule has 0 aliphatic carbocycles. The van der Waals surface area contributed by atoms with Crippen LogP contribution in [0, 0.1) is 0 Å². The summed E-state index contributed by atoms with van der Waals surface area (Å²) in [5.74, 6) is -14.2. The Morgan fingerprint density at radius 2 is 0.931 bits per heavy atom. The number of nitrogens with two attached hydrogens (primary N) is 3. The number of aliphatic hydroxyl groups is 2. The normalized spacial score (nSPS) is 22.4. The van der Waals surface area contributed by atoms with Crippen molar-refractivity contribution < 1.29 is 72.9 Å². The van der Waals surface area contributed by atoms with Crippen LogP contribution in [-0.4, -0.2) is 155 Å². The molecule has 0 spiro atoms. The molecule has 72 heavy (non-hydrogen) atoms. The Balaban J connectivity index is 2.58. The molecule has 400 valence electrons. The predicted molar refractivity (Wildman–Crippen MR) is 253 cm³/mol. The van der Waals surface area contributed by atoms with Gasteiger partial charge in [0.2, 0.25) is 70.9 Å². The zero-order chi connectivity index (χ0) is 53.8. The third kappa shape index (κ3) is 23.5. The molecule has 0 bridgehead atoms. The summed E-state index contributed by atoms with van der Waals surface area (Å²) in [6.45, 7) is -1.03. The van der Waals surface area contributed by atoms with E-state index in [9.17, 15) is 72.9 Å². The summed E-state index contributed by atoms with van der Waals surface area (Å²) in [6.07, 6.45) is 5.91. The molecule has 0 unspecified atom stereocenters. The molecular weight excluding hydrogens is 949 g/mol. The number of rotatable bonds is 22. The summed E-state index contributed by atoms with van der Waals surface area (Å²) in [7, 11) is 0. The Hall–Kier alpha value is -7.42. The molecule has 2 rings (SSSR count). The zero-order valence-corrected chi connectivity index (χ0v) is 40.3. The van der Waals surface area contributed by atoms with Gasteiger partial charge in [-0.05, 0) is 24.1 Å². The van der Waals surface area contributed by atoms with Gasteiger partial charge in [0.25, 0.3) is 0 Å². The summed E-state index contributed by atoms with van der Waals surface area (Å²) >= 11 is 0. The second kappa shape index (κ2) is 32.5. The molecule has 12 amide bonds. The monoisotopic (exact) mass is 1020 g/mol. The molecule has 1 heterocycles. The van der Waals surface area contributed by atoms with E-state index in [2.05, 4.69) is 54.8 Å². The van der Waals surface area contributed by atoms with Crippen LogP contribution in [0.2, 0.25) is 0 Å². The molecule has 18 N–H and O–H groups in total. The van der Waals surface area contributed by atoms with Gasteiger partial charge >= 0.3 is 0 Å². The van der Waals surface area contributed by atoms with Crippen molar-refractivity contribution >= 4 is 70.9 Å². The third-order valence-electron chi connectivity index (χ3n) is 11.1. The Labute approximate surface area is 415 Å². The summed E-state index contributed by atoms with van der Waals surface area (Å²) in [5.41, 5.74) is 16.3. The Morgan fingerprint density at radius 3 is 1.44 bits per heavy atom. The molecular formula is C45H70N12O15. The quantitative estimate of drug-likeness (QED) is 0.0482. The van der Waals surface area contributed by atoms with Crippen molar-refractivity contribution in [3.8, 4) is 5.75 Å². The standard InChI is InChI=1S/C45H70N12O15/c1-2-3-4-5-6-7-8-9-10-11-16-49-39(66)31-21-37(64)52-32(23-58)44(71)53-27(17-25-12-14-26(60)15-13-25)41(68)54-28(18-34(46)61)40(67)50-22-38(65)51-29(19-35(47)62)42(69)57-33(24-59)45(72)55-30(20-36(48)63)43(70)56-31/h12-15,27-33,58-60H,2-11,16-24H2,1H3,(H2,46,61)(H2,47,62)(H2,48,63)(H,49,66)(H,50,67)(H,51,65)(H,52,64)(H,53,71)(H,54,68)(H,55,72)(H,56,70)(H,57,69)/t27-,28+,29-,30-,31+,32-,33-/m0/s1. The van der Waals surface area contributed by atoms with Crippen LogP contribution in [0.25, 0.3) is 0 Å². The first kappa shape index (κ1) is 60.7. The van der Waals surface area contributed by atoms with Crippen molar-refractivity contribution in [3.63, 3.8) is 0 Å². The van der Waals surface area contributed by atoms with E-state index < -0.39 is 159 Å². The minimum Gasteiger partial charge on any atom is -0.508 e. The minimum absolute atomic E-state index is 0.0912. The van der Waals surface area contributed by atoms with E-state index in [1.165, 1.54) is 37.1 Å². The molecule has 1 saturated heterocycles. The lowest BCUT2D eigenvalue weighted by molar-refractivity contribution is -0.137. The van der Waals surface area contributed by atoms with Gasteiger partial charge in [-0.2, -0.15) is 0 Å². The van der Waals surface area contributed by atoms with Crippen molar-refractivity contribution in [2.45, 2.75) is 146 Å². The third-order valence-corrected chi connectivity index (χ3v) is 11.1. The number of unbranched alkanes of at least 4 members (excludes halogenated alkanes) is 9.